The summed E-state index contributed by atoms with van der Waals surface area (Å²) in [6.07, 6.45) is 0. The van der Waals surface area contributed by atoms with Crippen LogP contribution in [-0.4, -0.2) is 4.20 Å². The number of thiocarbonyl (C=S) groups is 1. The average molecular weight is 272 g/mol. The van der Waals surface area contributed by atoms with E-state index in [1.165, 1.54) is 10.5 Å². The molecule has 0 aliphatic rings. The Morgan fingerprint density at radius 1 is 0.944 bits per heavy atom. The Hall–Kier alpha value is -1.12. The second kappa shape index (κ2) is 6.17. The third kappa shape index (κ3) is 3.21. The van der Waals surface area contributed by atoms with Crippen LogP contribution in [0.1, 0.15) is 30.9 Å². The Kier molecular flexibility index (Phi) is 4.56. The van der Waals surface area contributed by atoms with E-state index in [0.29, 0.717) is 5.92 Å². The zero-order chi connectivity index (χ0) is 13.0. The first kappa shape index (κ1) is 13.3. The Morgan fingerprint density at radius 2 is 1.56 bits per heavy atom. The number of benzene rings is 2. The van der Waals surface area contributed by atoms with Gasteiger partial charge in [0.05, 0.1) is 4.20 Å². The second-order valence-corrected chi connectivity index (χ2v) is 6.17. The van der Waals surface area contributed by atoms with Crippen molar-refractivity contribution in [1.82, 2.24) is 0 Å². The normalized spacial score (nSPS) is 10.6. The summed E-state index contributed by atoms with van der Waals surface area (Å²) in [5, 5.41) is 0. The van der Waals surface area contributed by atoms with Crippen molar-refractivity contribution in [2.75, 3.05) is 0 Å². The lowest BCUT2D eigenvalue weighted by atomic mass is 10.0. The second-order valence-electron chi connectivity index (χ2n) is 4.45. The first-order chi connectivity index (χ1) is 8.68. The van der Waals surface area contributed by atoms with E-state index in [0.717, 1.165) is 9.76 Å². The maximum Gasteiger partial charge on any atom is 0.0826 e. The quantitative estimate of drug-likeness (QED) is 0.551. The summed E-state index contributed by atoms with van der Waals surface area (Å²) in [6, 6.07) is 18.7. The van der Waals surface area contributed by atoms with Gasteiger partial charge in [-0.1, -0.05) is 86.4 Å². The van der Waals surface area contributed by atoms with Crippen molar-refractivity contribution in [3.05, 3.63) is 65.7 Å². The predicted molar refractivity (Wildman–Crippen MR) is 84.5 cm³/mol. The van der Waals surface area contributed by atoms with E-state index in [1.807, 2.05) is 18.2 Å². The Balaban J connectivity index is 2.22. The molecular weight excluding hydrogens is 256 g/mol. The zero-order valence-electron chi connectivity index (χ0n) is 10.6. The Labute approximate surface area is 118 Å². The molecule has 0 unspecified atom stereocenters. The largest absolute Gasteiger partial charge is 0.0826 e. The maximum atomic E-state index is 5.51. The van der Waals surface area contributed by atoms with Gasteiger partial charge in [-0.3, -0.25) is 0 Å². The van der Waals surface area contributed by atoms with Crippen LogP contribution in [0.15, 0.2) is 59.5 Å². The number of hydrogen-bond acceptors (Lipinski definition) is 2. The van der Waals surface area contributed by atoms with Crippen LogP contribution in [0.3, 0.4) is 0 Å². The van der Waals surface area contributed by atoms with Crippen LogP contribution in [-0.2, 0) is 0 Å². The van der Waals surface area contributed by atoms with E-state index in [-0.39, 0.29) is 0 Å². The highest BCUT2D eigenvalue weighted by Crippen LogP contribution is 2.31. The number of thioether (sulfide) groups is 1. The number of rotatable bonds is 3. The smallest absolute Gasteiger partial charge is 0.0774 e. The van der Waals surface area contributed by atoms with Gasteiger partial charge in [-0.2, -0.15) is 0 Å². The topological polar surface area (TPSA) is 0 Å². The molecule has 2 rings (SSSR count). The zero-order valence-corrected chi connectivity index (χ0v) is 12.2. The molecule has 0 heterocycles. The molecule has 0 nitrogen and oxygen atoms in total. The van der Waals surface area contributed by atoms with E-state index < -0.39 is 0 Å². The minimum absolute atomic E-state index is 0.521. The van der Waals surface area contributed by atoms with E-state index in [2.05, 4.69) is 50.2 Å². The van der Waals surface area contributed by atoms with Crippen molar-refractivity contribution in [2.45, 2.75) is 24.7 Å². The fourth-order valence-electron chi connectivity index (χ4n) is 1.78. The molecule has 18 heavy (non-hydrogen) atoms. The van der Waals surface area contributed by atoms with Crippen LogP contribution in [0.5, 0.6) is 0 Å². The third-order valence-electron chi connectivity index (χ3n) is 2.75. The summed E-state index contributed by atoms with van der Waals surface area (Å²) in [6.45, 7) is 4.43. The molecule has 0 bridgehead atoms. The monoisotopic (exact) mass is 272 g/mol. The van der Waals surface area contributed by atoms with Gasteiger partial charge in [-0.15, -0.1) is 0 Å². The van der Waals surface area contributed by atoms with Crippen molar-refractivity contribution >= 4 is 28.2 Å². The molecule has 0 radical (unpaired) electrons. The molecule has 0 fully saturated rings. The molecule has 0 aromatic heterocycles. The molecule has 0 N–H and O–H groups in total. The van der Waals surface area contributed by atoms with Crippen molar-refractivity contribution in [1.29, 1.82) is 0 Å². The van der Waals surface area contributed by atoms with E-state index in [9.17, 15) is 0 Å². The van der Waals surface area contributed by atoms with Gasteiger partial charge < -0.3 is 0 Å². The Morgan fingerprint density at radius 3 is 2.22 bits per heavy atom. The molecule has 0 aliphatic carbocycles. The van der Waals surface area contributed by atoms with Crippen LogP contribution < -0.4 is 0 Å². The summed E-state index contributed by atoms with van der Waals surface area (Å²) in [5.74, 6) is 0.521. The van der Waals surface area contributed by atoms with Gasteiger partial charge in [-0.25, -0.2) is 0 Å². The molecule has 0 spiro atoms. The van der Waals surface area contributed by atoms with Crippen molar-refractivity contribution in [3.8, 4) is 0 Å². The van der Waals surface area contributed by atoms with Crippen LogP contribution in [0.4, 0.5) is 0 Å². The SMILES string of the molecule is CC(C)c1ccccc1SC(=S)c1ccccc1. The van der Waals surface area contributed by atoms with Crippen molar-refractivity contribution in [2.24, 2.45) is 0 Å². The lowest BCUT2D eigenvalue weighted by Crippen LogP contribution is -1.95. The molecule has 0 amide bonds. The molecule has 0 atom stereocenters. The average Bonchev–Trinajstić information content (AvgIpc) is 2.40. The van der Waals surface area contributed by atoms with Gasteiger partial charge in [-0.05, 0) is 23.1 Å². The van der Waals surface area contributed by atoms with Crippen LogP contribution >= 0.6 is 24.0 Å². The molecule has 2 aromatic carbocycles. The van der Waals surface area contributed by atoms with Gasteiger partial charge in [0.25, 0.3) is 0 Å². The van der Waals surface area contributed by atoms with Crippen LogP contribution in [0, 0.1) is 0 Å². The summed E-state index contributed by atoms with van der Waals surface area (Å²) in [7, 11) is 0. The Bertz CT molecular complexity index is 530. The lowest BCUT2D eigenvalue weighted by molar-refractivity contribution is 0.843. The number of hydrogen-bond donors (Lipinski definition) is 0. The highest BCUT2D eigenvalue weighted by Gasteiger charge is 2.09. The van der Waals surface area contributed by atoms with E-state index in [4.69, 9.17) is 12.2 Å². The van der Waals surface area contributed by atoms with E-state index >= 15 is 0 Å². The summed E-state index contributed by atoms with van der Waals surface area (Å²) < 4.78 is 0.934. The lowest BCUT2D eigenvalue weighted by Gasteiger charge is -2.12. The fraction of sp³-hybridized carbons (Fsp3) is 0.188. The minimum Gasteiger partial charge on any atom is -0.0774 e. The summed E-state index contributed by atoms with van der Waals surface area (Å²) in [4.78, 5) is 1.27. The predicted octanol–water partition coefficient (Wildman–Crippen LogP) is 5.28. The highest BCUT2D eigenvalue weighted by molar-refractivity contribution is 8.23. The standard InChI is InChI=1S/C16H16S2/c1-12(2)14-10-6-7-11-15(14)18-16(17)13-8-4-3-5-9-13/h3-12H,1-2H3. The molecule has 0 saturated heterocycles. The molecular formula is C16H16S2. The van der Waals surface area contributed by atoms with Gasteiger partial charge in [0.1, 0.15) is 0 Å². The minimum atomic E-state index is 0.521. The third-order valence-corrected chi connectivity index (χ3v) is 4.25. The first-order valence-corrected chi connectivity index (χ1v) is 7.27. The van der Waals surface area contributed by atoms with Gasteiger partial charge in [0, 0.05) is 4.90 Å². The molecule has 92 valence electrons. The fourth-order valence-corrected chi connectivity index (χ4v) is 3.21. The van der Waals surface area contributed by atoms with Crippen LogP contribution in [0.2, 0.25) is 0 Å². The van der Waals surface area contributed by atoms with Gasteiger partial charge >= 0.3 is 0 Å². The van der Waals surface area contributed by atoms with Crippen molar-refractivity contribution in [3.63, 3.8) is 0 Å². The molecule has 0 saturated carbocycles. The maximum absolute atomic E-state index is 5.51. The first-order valence-electron chi connectivity index (χ1n) is 6.04. The van der Waals surface area contributed by atoms with Crippen molar-refractivity contribution < 1.29 is 0 Å². The molecule has 2 aromatic rings. The van der Waals surface area contributed by atoms with Gasteiger partial charge in [0.2, 0.25) is 0 Å². The molecule has 0 aliphatic heterocycles. The summed E-state index contributed by atoms with van der Waals surface area (Å²) >= 11 is 7.19. The molecule has 2 heteroatoms. The summed E-state index contributed by atoms with van der Waals surface area (Å²) in [5.41, 5.74) is 2.48. The highest BCUT2D eigenvalue weighted by atomic mass is 32.2. The van der Waals surface area contributed by atoms with E-state index in [1.54, 1.807) is 11.8 Å². The van der Waals surface area contributed by atoms with Gasteiger partial charge in [0.15, 0.2) is 0 Å². The van der Waals surface area contributed by atoms with Crippen LogP contribution in [0.25, 0.3) is 0 Å².